The summed E-state index contributed by atoms with van der Waals surface area (Å²) in [4.78, 5) is 11.1. The van der Waals surface area contributed by atoms with Crippen LogP contribution in [0.25, 0.3) is 0 Å². The van der Waals surface area contributed by atoms with E-state index in [0.29, 0.717) is 19.6 Å². The Labute approximate surface area is 107 Å². The number of benzene rings is 1. The number of carbonyl (C=O) groups is 1. The zero-order chi connectivity index (χ0) is 13.4. The zero-order valence-electron chi connectivity index (χ0n) is 11.0. The molecule has 1 amide bonds. The van der Waals surface area contributed by atoms with E-state index in [0.717, 1.165) is 17.1 Å². The van der Waals surface area contributed by atoms with Crippen LogP contribution in [-0.2, 0) is 11.2 Å². The molecule has 1 aromatic rings. The van der Waals surface area contributed by atoms with Crippen molar-refractivity contribution in [1.29, 1.82) is 0 Å². The van der Waals surface area contributed by atoms with Gasteiger partial charge in [0.05, 0.1) is 20.8 Å². The van der Waals surface area contributed by atoms with Crippen molar-refractivity contribution in [2.45, 2.75) is 13.3 Å². The third-order valence-electron chi connectivity index (χ3n) is 2.43. The molecule has 1 rings (SSSR count). The van der Waals surface area contributed by atoms with E-state index >= 15 is 0 Å². The standard InChI is InChI=1S/C13H19NO4/c1-4-18-13(15)14-8-7-10-5-6-11(16-2)9-12(10)17-3/h5-6,9H,4,7-8H2,1-3H3,(H,14,15). The lowest BCUT2D eigenvalue weighted by Gasteiger charge is -2.10. The van der Waals surface area contributed by atoms with Crippen molar-refractivity contribution < 1.29 is 19.0 Å². The molecule has 0 unspecified atom stereocenters. The normalized spacial score (nSPS) is 9.72. The molecule has 0 aromatic heterocycles. The number of methoxy groups -OCH3 is 2. The quantitative estimate of drug-likeness (QED) is 0.842. The average Bonchev–Trinajstić information content (AvgIpc) is 2.39. The van der Waals surface area contributed by atoms with Crippen molar-refractivity contribution in [2.75, 3.05) is 27.4 Å². The number of alkyl carbamates (subject to hydrolysis) is 1. The fourth-order valence-corrected chi connectivity index (χ4v) is 1.54. The molecule has 0 aliphatic carbocycles. The summed E-state index contributed by atoms with van der Waals surface area (Å²) in [5.41, 5.74) is 1.01. The molecular formula is C13H19NO4. The fraction of sp³-hybridized carbons (Fsp3) is 0.462. The van der Waals surface area contributed by atoms with E-state index in [-0.39, 0.29) is 0 Å². The van der Waals surface area contributed by atoms with E-state index in [2.05, 4.69) is 5.32 Å². The van der Waals surface area contributed by atoms with Gasteiger partial charge in [0.15, 0.2) is 0 Å². The highest BCUT2D eigenvalue weighted by Gasteiger charge is 2.06. The number of carbonyl (C=O) groups excluding carboxylic acids is 1. The van der Waals surface area contributed by atoms with E-state index < -0.39 is 6.09 Å². The number of hydrogen-bond acceptors (Lipinski definition) is 4. The molecule has 100 valence electrons. The highest BCUT2D eigenvalue weighted by molar-refractivity contribution is 5.67. The van der Waals surface area contributed by atoms with Crippen molar-refractivity contribution in [3.63, 3.8) is 0 Å². The minimum absolute atomic E-state index is 0.373. The third-order valence-corrected chi connectivity index (χ3v) is 2.43. The van der Waals surface area contributed by atoms with E-state index in [1.54, 1.807) is 21.1 Å². The Morgan fingerprint density at radius 2 is 2.06 bits per heavy atom. The first-order valence-corrected chi connectivity index (χ1v) is 5.82. The van der Waals surface area contributed by atoms with Crippen LogP contribution in [0.1, 0.15) is 12.5 Å². The molecule has 18 heavy (non-hydrogen) atoms. The van der Waals surface area contributed by atoms with Gasteiger partial charge in [-0.05, 0) is 25.0 Å². The van der Waals surface area contributed by atoms with Gasteiger partial charge in [-0.15, -0.1) is 0 Å². The fourth-order valence-electron chi connectivity index (χ4n) is 1.54. The number of ether oxygens (including phenoxy) is 3. The van der Waals surface area contributed by atoms with E-state index in [1.807, 2.05) is 18.2 Å². The van der Waals surface area contributed by atoms with Gasteiger partial charge in [0.2, 0.25) is 0 Å². The van der Waals surface area contributed by atoms with Crippen molar-refractivity contribution in [3.8, 4) is 11.5 Å². The average molecular weight is 253 g/mol. The molecule has 0 bridgehead atoms. The predicted octanol–water partition coefficient (Wildman–Crippen LogP) is 1.99. The van der Waals surface area contributed by atoms with Crippen LogP contribution < -0.4 is 14.8 Å². The van der Waals surface area contributed by atoms with Crippen LogP contribution in [0.2, 0.25) is 0 Å². The molecule has 1 aromatic carbocycles. The summed E-state index contributed by atoms with van der Waals surface area (Å²) in [5, 5.41) is 2.66. The number of rotatable bonds is 6. The highest BCUT2D eigenvalue weighted by atomic mass is 16.5. The predicted molar refractivity (Wildman–Crippen MR) is 68.3 cm³/mol. The molecule has 0 fully saturated rings. The second kappa shape index (κ2) is 7.42. The van der Waals surface area contributed by atoms with Crippen LogP contribution in [0.15, 0.2) is 18.2 Å². The summed E-state index contributed by atoms with van der Waals surface area (Å²) in [7, 11) is 3.22. The smallest absolute Gasteiger partial charge is 0.407 e. The minimum Gasteiger partial charge on any atom is -0.497 e. The number of hydrogen-bond donors (Lipinski definition) is 1. The molecule has 0 saturated carbocycles. The van der Waals surface area contributed by atoms with Crippen LogP contribution in [0.5, 0.6) is 11.5 Å². The van der Waals surface area contributed by atoms with E-state index in [1.165, 1.54) is 0 Å². The van der Waals surface area contributed by atoms with Gasteiger partial charge < -0.3 is 19.5 Å². The second-order valence-electron chi connectivity index (χ2n) is 3.58. The Hall–Kier alpha value is -1.91. The first-order chi connectivity index (χ1) is 8.71. The molecular weight excluding hydrogens is 234 g/mol. The topological polar surface area (TPSA) is 56.8 Å². The van der Waals surface area contributed by atoms with Gasteiger partial charge in [-0.1, -0.05) is 6.07 Å². The molecule has 5 nitrogen and oxygen atoms in total. The summed E-state index contributed by atoms with van der Waals surface area (Å²) in [5.74, 6) is 1.49. The summed E-state index contributed by atoms with van der Waals surface area (Å²) in [6.07, 6.45) is 0.274. The monoisotopic (exact) mass is 253 g/mol. The third kappa shape index (κ3) is 4.16. The van der Waals surface area contributed by atoms with Gasteiger partial charge in [0, 0.05) is 12.6 Å². The SMILES string of the molecule is CCOC(=O)NCCc1ccc(OC)cc1OC. The molecule has 0 aliphatic rings. The Balaban J connectivity index is 2.53. The molecule has 0 spiro atoms. The molecule has 1 N–H and O–H groups in total. The van der Waals surface area contributed by atoms with Crippen LogP contribution in [0.3, 0.4) is 0 Å². The van der Waals surface area contributed by atoms with Crippen LogP contribution in [0.4, 0.5) is 4.79 Å². The summed E-state index contributed by atoms with van der Waals surface area (Å²) in [6.45, 7) is 2.64. The van der Waals surface area contributed by atoms with Crippen molar-refractivity contribution >= 4 is 6.09 Å². The zero-order valence-corrected chi connectivity index (χ0v) is 11.0. The maximum absolute atomic E-state index is 11.1. The Morgan fingerprint density at radius 3 is 2.67 bits per heavy atom. The van der Waals surface area contributed by atoms with Gasteiger partial charge in [0.25, 0.3) is 0 Å². The molecule has 5 heteroatoms. The van der Waals surface area contributed by atoms with Gasteiger partial charge >= 0.3 is 6.09 Å². The summed E-state index contributed by atoms with van der Waals surface area (Å²) < 4.78 is 15.2. The first kappa shape index (κ1) is 14.2. The first-order valence-electron chi connectivity index (χ1n) is 5.82. The van der Waals surface area contributed by atoms with Gasteiger partial charge in [-0.3, -0.25) is 0 Å². The molecule has 0 saturated heterocycles. The lowest BCUT2D eigenvalue weighted by Crippen LogP contribution is -2.26. The van der Waals surface area contributed by atoms with Crippen molar-refractivity contribution in [1.82, 2.24) is 5.32 Å². The Morgan fingerprint density at radius 1 is 1.28 bits per heavy atom. The number of nitrogens with one attached hydrogen (secondary N) is 1. The lowest BCUT2D eigenvalue weighted by molar-refractivity contribution is 0.152. The molecule has 0 heterocycles. The van der Waals surface area contributed by atoms with Crippen LogP contribution >= 0.6 is 0 Å². The Bertz CT molecular complexity index is 393. The molecule has 0 aliphatic heterocycles. The maximum atomic E-state index is 11.1. The van der Waals surface area contributed by atoms with E-state index in [9.17, 15) is 4.79 Å². The van der Waals surface area contributed by atoms with Gasteiger partial charge in [-0.25, -0.2) is 4.79 Å². The Kier molecular flexibility index (Phi) is 5.84. The van der Waals surface area contributed by atoms with Crippen LogP contribution in [0, 0.1) is 0 Å². The summed E-state index contributed by atoms with van der Waals surface area (Å²) in [6, 6.07) is 5.60. The van der Waals surface area contributed by atoms with Gasteiger partial charge in [-0.2, -0.15) is 0 Å². The van der Waals surface area contributed by atoms with E-state index in [4.69, 9.17) is 14.2 Å². The lowest BCUT2D eigenvalue weighted by atomic mass is 10.1. The number of amides is 1. The van der Waals surface area contributed by atoms with Crippen LogP contribution in [-0.4, -0.2) is 33.5 Å². The molecule has 0 radical (unpaired) electrons. The van der Waals surface area contributed by atoms with Crippen molar-refractivity contribution in [3.05, 3.63) is 23.8 Å². The highest BCUT2D eigenvalue weighted by Crippen LogP contribution is 2.24. The largest absolute Gasteiger partial charge is 0.497 e. The van der Waals surface area contributed by atoms with Crippen molar-refractivity contribution in [2.24, 2.45) is 0 Å². The molecule has 0 atom stereocenters. The summed E-state index contributed by atoms with van der Waals surface area (Å²) >= 11 is 0. The maximum Gasteiger partial charge on any atom is 0.407 e. The second-order valence-corrected chi connectivity index (χ2v) is 3.58. The van der Waals surface area contributed by atoms with Gasteiger partial charge in [0.1, 0.15) is 11.5 Å². The minimum atomic E-state index is -0.398.